The molecule has 0 heterocycles. The molecule has 0 saturated carbocycles. The minimum absolute atomic E-state index is 0.0892. The Balaban J connectivity index is 4.44. The van der Waals surface area contributed by atoms with Gasteiger partial charge in [-0.15, -0.1) is 0 Å². The van der Waals surface area contributed by atoms with E-state index in [9.17, 15) is 13.2 Å². The van der Waals surface area contributed by atoms with Gasteiger partial charge >= 0.3 is 0 Å². The number of carbonyl (C=O) groups excluding carboxylic acids is 1. The molecule has 0 radical (unpaired) electrons. The second kappa shape index (κ2) is 5.49. The highest BCUT2D eigenvalue weighted by atomic mass is 32.2. The molecule has 4 atom stereocenters. The summed E-state index contributed by atoms with van der Waals surface area (Å²) < 4.78 is 28.9. The molecule has 0 aromatic rings. The van der Waals surface area contributed by atoms with E-state index in [1.54, 1.807) is 0 Å². The van der Waals surface area contributed by atoms with Gasteiger partial charge in [0, 0.05) is 0 Å². The second-order valence-corrected chi connectivity index (χ2v) is 4.42. The van der Waals surface area contributed by atoms with Crippen LogP contribution in [-0.4, -0.2) is 69.9 Å². The fourth-order valence-electron chi connectivity index (χ4n) is 0.825. The molecule has 0 saturated heterocycles. The Bertz CT molecular complexity index is 298. The Kier molecular flexibility index (Phi) is 5.28. The molecule has 5 N–H and O–H groups in total. The molecule has 90 valence electrons. The molecule has 0 spiro atoms. The molecule has 9 heteroatoms. The summed E-state index contributed by atoms with van der Waals surface area (Å²) in [6, 6.07) is 0. The highest BCUT2D eigenvalue weighted by Crippen LogP contribution is 2.05. The number of hydrogen-bond donors (Lipinski definition) is 5. The predicted octanol–water partition coefficient (Wildman–Crippen LogP) is -3.48. The quantitative estimate of drug-likeness (QED) is 0.238. The van der Waals surface area contributed by atoms with E-state index in [0.29, 0.717) is 0 Å². The van der Waals surface area contributed by atoms with Gasteiger partial charge in [0.25, 0.3) is 10.1 Å². The number of hydrogen-bond acceptors (Lipinski definition) is 7. The highest BCUT2D eigenvalue weighted by Gasteiger charge is 2.32. The Morgan fingerprint density at radius 3 is 1.87 bits per heavy atom. The Hall–Kier alpha value is -0.580. The number of rotatable bonds is 6. The molecule has 0 rings (SSSR count). The maximum absolute atomic E-state index is 10.3. The average Bonchev–Trinajstić information content (AvgIpc) is 2.11. The molecule has 0 aliphatic carbocycles. The zero-order valence-electron chi connectivity index (χ0n) is 7.46. The SMILES string of the molecule is O=C[C@H](O)[C@@H](O)[C@H](O)[C@H](O)CS(=O)(=O)O. The third-order valence-electron chi connectivity index (χ3n) is 1.61. The minimum Gasteiger partial charge on any atom is -0.389 e. The number of aliphatic hydroxyl groups is 4. The van der Waals surface area contributed by atoms with Crippen molar-refractivity contribution in [3.63, 3.8) is 0 Å². The number of carbonyl (C=O) groups is 1. The van der Waals surface area contributed by atoms with Crippen LogP contribution in [-0.2, 0) is 14.9 Å². The van der Waals surface area contributed by atoms with Crippen LogP contribution in [0.2, 0.25) is 0 Å². The van der Waals surface area contributed by atoms with Gasteiger partial charge in [-0.05, 0) is 0 Å². The largest absolute Gasteiger partial charge is 0.389 e. The molecule has 0 fully saturated rings. The fourth-order valence-corrected chi connectivity index (χ4v) is 1.45. The van der Waals surface area contributed by atoms with E-state index in [1.807, 2.05) is 0 Å². The summed E-state index contributed by atoms with van der Waals surface area (Å²) in [7, 11) is -4.53. The van der Waals surface area contributed by atoms with Crippen LogP contribution in [0.3, 0.4) is 0 Å². The third-order valence-corrected chi connectivity index (χ3v) is 2.38. The molecule has 15 heavy (non-hydrogen) atoms. The first kappa shape index (κ1) is 14.4. The summed E-state index contributed by atoms with van der Waals surface area (Å²) >= 11 is 0. The molecule has 0 aromatic carbocycles. The molecule has 0 amide bonds. The zero-order chi connectivity index (χ0) is 12.2. The Labute approximate surface area is 85.5 Å². The molecule has 0 unspecified atom stereocenters. The second-order valence-electron chi connectivity index (χ2n) is 2.92. The zero-order valence-corrected chi connectivity index (χ0v) is 8.28. The highest BCUT2D eigenvalue weighted by molar-refractivity contribution is 7.85. The van der Waals surface area contributed by atoms with Crippen LogP contribution in [0.4, 0.5) is 0 Å². The lowest BCUT2D eigenvalue weighted by Gasteiger charge is -2.23. The average molecular weight is 244 g/mol. The van der Waals surface area contributed by atoms with Crippen molar-refractivity contribution in [2.45, 2.75) is 24.4 Å². The van der Waals surface area contributed by atoms with Crippen LogP contribution < -0.4 is 0 Å². The Morgan fingerprint density at radius 1 is 1.07 bits per heavy atom. The Morgan fingerprint density at radius 2 is 1.53 bits per heavy atom. The van der Waals surface area contributed by atoms with Crippen molar-refractivity contribution in [1.82, 2.24) is 0 Å². The minimum atomic E-state index is -4.53. The monoisotopic (exact) mass is 244 g/mol. The van der Waals surface area contributed by atoms with Crippen molar-refractivity contribution in [1.29, 1.82) is 0 Å². The lowest BCUT2D eigenvalue weighted by atomic mass is 10.1. The van der Waals surface area contributed by atoms with Crippen molar-refractivity contribution >= 4 is 16.4 Å². The first-order valence-electron chi connectivity index (χ1n) is 3.81. The topological polar surface area (TPSA) is 152 Å². The lowest BCUT2D eigenvalue weighted by molar-refractivity contribution is -0.132. The van der Waals surface area contributed by atoms with Gasteiger partial charge < -0.3 is 25.2 Å². The summed E-state index contributed by atoms with van der Waals surface area (Å²) in [5, 5.41) is 35.8. The van der Waals surface area contributed by atoms with E-state index < -0.39 is 40.3 Å². The molecule has 0 aromatic heterocycles. The first-order valence-corrected chi connectivity index (χ1v) is 5.42. The smallest absolute Gasteiger partial charge is 0.267 e. The van der Waals surface area contributed by atoms with Crippen LogP contribution in [0.15, 0.2) is 0 Å². The van der Waals surface area contributed by atoms with Crippen LogP contribution in [0.5, 0.6) is 0 Å². The van der Waals surface area contributed by atoms with Crippen LogP contribution in [0.25, 0.3) is 0 Å². The van der Waals surface area contributed by atoms with Gasteiger partial charge in [0.15, 0.2) is 6.29 Å². The van der Waals surface area contributed by atoms with Crippen LogP contribution >= 0.6 is 0 Å². The molecular formula is C6H12O8S. The van der Waals surface area contributed by atoms with Gasteiger partial charge in [-0.2, -0.15) is 8.42 Å². The summed E-state index contributed by atoms with van der Waals surface area (Å²) in [6.45, 7) is 0. The lowest BCUT2D eigenvalue weighted by Crippen LogP contribution is -2.47. The van der Waals surface area contributed by atoms with Crippen LogP contribution in [0, 0.1) is 0 Å². The predicted molar refractivity (Wildman–Crippen MR) is 46.5 cm³/mol. The maximum Gasteiger partial charge on any atom is 0.267 e. The van der Waals surface area contributed by atoms with E-state index in [0.717, 1.165) is 0 Å². The molecule has 0 bridgehead atoms. The molecule has 8 nitrogen and oxygen atoms in total. The molecular weight excluding hydrogens is 232 g/mol. The van der Waals surface area contributed by atoms with E-state index in [1.165, 1.54) is 0 Å². The van der Waals surface area contributed by atoms with Crippen molar-refractivity contribution < 1.29 is 38.2 Å². The number of aliphatic hydroxyl groups excluding tert-OH is 4. The summed E-state index contributed by atoms with van der Waals surface area (Å²) in [5.74, 6) is -1.21. The van der Waals surface area contributed by atoms with Gasteiger partial charge in [0.05, 0.1) is 6.10 Å². The molecule has 0 aliphatic heterocycles. The standard InChI is InChI=1S/C6H12O8S/c7-1-3(8)5(10)6(11)4(9)2-15(12,13)14/h1,3-6,8-11H,2H2,(H,12,13,14)/t3-,4+,5+,6+/m0/s1. The summed E-state index contributed by atoms with van der Waals surface area (Å²) in [6.07, 6.45) is -8.14. The van der Waals surface area contributed by atoms with Gasteiger partial charge in [-0.1, -0.05) is 0 Å². The summed E-state index contributed by atoms with van der Waals surface area (Å²) in [5.41, 5.74) is 0. The molecule has 0 aliphatic rings. The van der Waals surface area contributed by atoms with Crippen molar-refractivity contribution in [2.24, 2.45) is 0 Å². The maximum atomic E-state index is 10.3. The van der Waals surface area contributed by atoms with E-state index >= 15 is 0 Å². The van der Waals surface area contributed by atoms with Gasteiger partial charge in [0.1, 0.15) is 24.1 Å². The van der Waals surface area contributed by atoms with Gasteiger partial charge in [-0.25, -0.2) is 0 Å². The van der Waals surface area contributed by atoms with Crippen molar-refractivity contribution in [3.8, 4) is 0 Å². The van der Waals surface area contributed by atoms with Gasteiger partial charge in [0.2, 0.25) is 0 Å². The van der Waals surface area contributed by atoms with E-state index in [4.69, 9.17) is 25.0 Å². The number of aldehydes is 1. The normalized spacial score (nSPS) is 20.3. The van der Waals surface area contributed by atoms with Crippen LogP contribution in [0.1, 0.15) is 0 Å². The fraction of sp³-hybridized carbons (Fsp3) is 0.833. The van der Waals surface area contributed by atoms with E-state index in [-0.39, 0.29) is 6.29 Å². The van der Waals surface area contributed by atoms with Crippen molar-refractivity contribution in [2.75, 3.05) is 5.75 Å². The van der Waals surface area contributed by atoms with Crippen molar-refractivity contribution in [3.05, 3.63) is 0 Å². The summed E-state index contributed by atoms with van der Waals surface area (Å²) in [4.78, 5) is 9.99. The van der Waals surface area contributed by atoms with E-state index in [2.05, 4.69) is 0 Å². The third kappa shape index (κ3) is 5.16. The first-order chi connectivity index (χ1) is 6.69. The van der Waals surface area contributed by atoms with Gasteiger partial charge in [-0.3, -0.25) is 4.55 Å².